The van der Waals surface area contributed by atoms with Crippen LogP contribution in [0.2, 0.25) is 0 Å². The van der Waals surface area contributed by atoms with Gasteiger partial charge in [0.15, 0.2) is 0 Å². The van der Waals surface area contributed by atoms with Gasteiger partial charge in [-0.3, -0.25) is 9.59 Å². The van der Waals surface area contributed by atoms with Gasteiger partial charge >= 0.3 is 0 Å². The highest BCUT2D eigenvalue weighted by Gasteiger charge is 2.29. The van der Waals surface area contributed by atoms with E-state index in [1.165, 1.54) is 0 Å². The minimum atomic E-state index is -0.111. The smallest absolute Gasteiger partial charge is 0.270 e. The molecule has 110 valence electrons. The van der Waals surface area contributed by atoms with E-state index in [0.717, 1.165) is 12.8 Å². The summed E-state index contributed by atoms with van der Waals surface area (Å²) in [6, 6.07) is 1.70. The number of hydrogen-bond acceptors (Lipinski definition) is 3. The number of rotatable bonds is 3. The Morgan fingerprint density at radius 3 is 2.90 bits per heavy atom. The lowest BCUT2D eigenvalue weighted by atomic mass is 9.97. The third kappa shape index (κ3) is 2.79. The number of nitrogen functional groups attached to an aromatic ring is 1. The van der Waals surface area contributed by atoms with Crippen LogP contribution in [0.5, 0.6) is 0 Å². The minimum absolute atomic E-state index is 0.00730. The summed E-state index contributed by atoms with van der Waals surface area (Å²) in [5, 5.41) is 2.66. The molecule has 1 aliphatic heterocycles. The molecule has 0 bridgehead atoms. The van der Waals surface area contributed by atoms with Crippen LogP contribution in [0.3, 0.4) is 0 Å². The molecule has 1 aromatic rings. The van der Waals surface area contributed by atoms with E-state index < -0.39 is 0 Å². The number of aromatic nitrogens is 1. The number of carbonyl (C=O) groups excluding carboxylic acids is 2. The quantitative estimate of drug-likeness (QED) is 0.853. The maximum absolute atomic E-state index is 12.6. The first-order chi connectivity index (χ1) is 9.56. The molecule has 1 unspecified atom stereocenters. The van der Waals surface area contributed by atoms with E-state index in [1.54, 1.807) is 24.2 Å². The third-order valence-corrected chi connectivity index (χ3v) is 3.80. The molecule has 1 fully saturated rings. The van der Waals surface area contributed by atoms with E-state index in [1.807, 2.05) is 11.5 Å². The summed E-state index contributed by atoms with van der Waals surface area (Å²) in [5.74, 6) is -0.148. The first-order valence-corrected chi connectivity index (χ1v) is 7.03. The molecule has 0 spiro atoms. The van der Waals surface area contributed by atoms with Crippen molar-refractivity contribution in [3.05, 3.63) is 18.0 Å². The SMILES string of the molecule is CCn1cc(N)cc1C(=O)N1CCCC(C(=O)NC)C1. The molecule has 20 heavy (non-hydrogen) atoms. The second-order valence-corrected chi connectivity index (χ2v) is 5.15. The van der Waals surface area contributed by atoms with Gasteiger partial charge in [-0.15, -0.1) is 0 Å². The molecule has 2 amide bonds. The molecule has 0 aromatic carbocycles. The highest BCUT2D eigenvalue weighted by molar-refractivity contribution is 5.94. The van der Waals surface area contributed by atoms with Gasteiger partial charge in [0, 0.05) is 32.9 Å². The van der Waals surface area contributed by atoms with Gasteiger partial charge in [-0.1, -0.05) is 0 Å². The Morgan fingerprint density at radius 2 is 2.25 bits per heavy atom. The third-order valence-electron chi connectivity index (χ3n) is 3.80. The maximum Gasteiger partial charge on any atom is 0.270 e. The van der Waals surface area contributed by atoms with Crippen LogP contribution >= 0.6 is 0 Å². The number of amides is 2. The number of piperidine rings is 1. The molecule has 2 heterocycles. The zero-order chi connectivity index (χ0) is 14.7. The second kappa shape index (κ2) is 5.98. The van der Waals surface area contributed by atoms with Crippen molar-refractivity contribution in [2.45, 2.75) is 26.3 Å². The number of nitrogens with zero attached hydrogens (tertiary/aromatic N) is 2. The molecule has 0 radical (unpaired) electrons. The average Bonchev–Trinajstić information content (AvgIpc) is 2.86. The van der Waals surface area contributed by atoms with Gasteiger partial charge in [-0.2, -0.15) is 0 Å². The second-order valence-electron chi connectivity index (χ2n) is 5.15. The zero-order valence-electron chi connectivity index (χ0n) is 12.1. The van der Waals surface area contributed by atoms with E-state index in [0.29, 0.717) is 31.0 Å². The van der Waals surface area contributed by atoms with Crippen LogP contribution in [-0.2, 0) is 11.3 Å². The fourth-order valence-electron chi connectivity index (χ4n) is 2.72. The van der Waals surface area contributed by atoms with Crippen molar-refractivity contribution in [1.82, 2.24) is 14.8 Å². The largest absolute Gasteiger partial charge is 0.397 e. The van der Waals surface area contributed by atoms with Crippen molar-refractivity contribution in [2.24, 2.45) is 5.92 Å². The van der Waals surface area contributed by atoms with Crippen molar-refractivity contribution in [1.29, 1.82) is 0 Å². The number of nitrogens with one attached hydrogen (secondary N) is 1. The lowest BCUT2D eigenvalue weighted by Gasteiger charge is -2.32. The number of aryl methyl sites for hydroxylation is 1. The fourth-order valence-corrected chi connectivity index (χ4v) is 2.72. The molecular weight excluding hydrogens is 256 g/mol. The predicted octanol–water partition coefficient (Wildman–Crippen LogP) is 0.688. The highest BCUT2D eigenvalue weighted by atomic mass is 16.2. The number of likely N-dealkylation sites (tertiary alicyclic amines) is 1. The van der Waals surface area contributed by atoms with Gasteiger partial charge in [-0.25, -0.2) is 0 Å². The Morgan fingerprint density at radius 1 is 1.50 bits per heavy atom. The van der Waals surface area contributed by atoms with Crippen LogP contribution in [0, 0.1) is 5.92 Å². The van der Waals surface area contributed by atoms with Crippen LogP contribution in [0.4, 0.5) is 5.69 Å². The van der Waals surface area contributed by atoms with Gasteiger partial charge < -0.3 is 20.5 Å². The normalized spacial score (nSPS) is 18.9. The van der Waals surface area contributed by atoms with Gasteiger partial charge in [-0.05, 0) is 25.8 Å². The van der Waals surface area contributed by atoms with Crippen LogP contribution in [0.1, 0.15) is 30.3 Å². The van der Waals surface area contributed by atoms with Crippen LogP contribution in [0.25, 0.3) is 0 Å². The Bertz CT molecular complexity index is 509. The molecule has 0 saturated carbocycles. The van der Waals surface area contributed by atoms with Gasteiger partial charge in [0.1, 0.15) is 5.69 Å². The monoisotopic (exact) mass is 278 g/mol. The molecule has 0 aliphatic carbocycles. The molecule has 6 nitrogen and oxygen atoms in total. The molecular formula is C14H22N4O2. The van der Waals surface area contributed by atoms with Crippen LogP contribution in [0.15, 0.2) is 12.3 Å². The molecule has 2 rings (SSSR count). The van der Waals surface area contributed by atoms with Crippen LogP contribution < -0.4 is 11.1 Å². The van der Waals surface area contributed by atoms with Crippen molar-refractivity contribution >= 4 is 17.5 Å². The standard InChI is InChI=1S/C14H22N4O2/c1-3-17-9-11(15)7-12(17)14(20)18-6-4-5-10(8-18)13(19)16-2/h7,9-10H,3-6,8,15H2,1-2H3,(H,16,19). The molecule has 1 atom stereocenters. The van der Waals surface area contributed by atoms with E-state index in [4.69, 9.17) is 5.73 Å². The topological polar surface area (TPSA) is 80.4 Å². The highest BCUT2D eigenvalue weighted by Crippen LogP contribution is 2.20. The predicted molar refractivity (Wildman–Crippen MR) is 77.2 cm³/mol. The molecule has 1 aliphatic rings. The first-order valence-electron chi connectivity index (χ1n) is 7.03. The van der Waals surface area contributed by atoms with E-state index in [2.05, 4.69) is 5.32 Å². The summed E-state index contributed by atoms with van der Waals surface area (Å²) < 4.78 is 1.85. The van der Waals surface area contributed by atoms with Crippen molar-refractivity contribution in [3.8, 4) is 0 Å². The summed E-state index contributed by atoms with van der Waals surface area (Å²) >= 11 is 0. The summed E-state index contributed by atoms with van der Waals surface area (Å²) in [6.45, 7) is 3.85. The summed E-state index contributed by atoms with van der Waals surface area (Å²) in [5.41, 5.74) is 6.96. The Balaban J connectivity index is 2.14. The Kier molecular flexibility index (Phi) is 4.32. The van der Waals surface area contributed by atoms with Crippen LogP contribution in [-0.4, -0.2) is 41.4 Å². The minimum Gasteiger partial charge on any atom is -0.397 e. The number of nitrogens with two attached hydrogens (primary N) is 1. The first kappa shape index (κ1) is 14.4. The summed E-state index contributed by atoms with van der Waals surface area (Å²) in [4.78, 5) is 26.0. The lowest BCUT2D eigenvalue weighted by molar-refractivity contribution is -0.125. The van der Waals surface area contributed by atoms with Gasteiger partial charge in [0.05, 0.1) is 11.6 Å². The molecule has 6 heteroatoms. The van der Waals surface area contributed by atoms with E-state index in [9.17, 15) is 9.59 Å². The van der Waals surface area contributed by atoms with Crippen molar-refractivity contribution in [2.75, 3.05) is 25.9 Å². The zero-order valence-corrected chi connectivity index (χ0v) is 12.1. The molecule has 1 aromatic heterocycles. The molecule has 3 N–H and O–H groups in total. The number of hydrogen-bond donors (Lipinski definition) is 2. The fraction of sp³-hybridized carbons (Fsp3) is 0.571. The Hall–Kier alpha value is -1.98. The van der Waals surface area contributed by atoms with Crippen molar-refractivity contribution < 1.29 is 9.59 Å². The summed E-state index contributed by atoms with van der Waals surface area (Å²) in [6.07, 6.45) is 3.46. The van der Waals surface area contributed by atoms with E-state index in [-0.39, 0.29) is 17.7 Å². The van der Waals surface area contributed by atoms with Gasteiger partial charge in [0.2, 0.25) is 5.91 Å². The Labute approximate surface area is 118 Å². The lowest BCUT2D eigenvalue weighted by Crippen LogP contribution is -2.45. The molecule has 1 saturated heterocycles. The maximum atomic E-state index is 12.6. The van der Waals surface area contributed by atoms with Gasteiger partial charge in [0.25, 0.3) is 5.91 Å². The number of carbonyl (C=O) groups is 2. The average molecular weight is 278 g/mol. The summed E-state index contributed by atoms with van der Waals surface area (Å²) in [7, 11) is 1.63. The number of anilines is 1. The van der Waals surface area contributed by atoms with E-state index >= 15 is 0 Å². The van der Waals surface area contributed by atoms with Crippen molar-refractivity contribution in [3.63, 3.8) is 0 Å².